The van der Waals surface area contributed by atoms with Crippen LogP contribution in [0.4, 0.5) is 0 Å². The predicted octanol–water partition coefficient (Wildman–Crippen LogP) is 5.19. The molecule has 12 nitrogen and oxygen atoms in total. The van der Waals surface area contributed by atoms with Crippen LogP contribution in [0.15, 0.2) is 41.9 Å². The van der Waals surface area contributed by atoms with Gasteiger partial charge in [0.05, 0.1) is 48.7 Å². The van der Waals surface area contributed by atoms with Gasteiger partial charge in [0.2, 0.25) is 23.6 Å². The summed E-state index contributed by atoms with van der Waals surface area (Å²) in [4.78, 5) is 65.8. The fraction of sp³-hybridized carbons (Fsp3) is 0.690. The van der Waals surface area contributed by atoms with Crippen LogP contribution >= 0.6 is 11.3 Å². The third-order valence-electron chi connectivity index (χ3n) is 11.3. The van der Waals surface area contributed by atoms with Gasteiger partial charge in [-0.1, -0.05) is 85.2 Å². The number of carbonyl (C=O) groups is 4. The summed E-state index contributed by atoms with van der Waals surface area (Å²) in [6.45, 7) is 14.3. The smallest absolute Gasteiger partial charge is 0.245 e. The lowest BCUT2D eigenvalue weighted by Crippen LogP contribution is -2.59. The number of benzene rings is 1. The Morgan fingerprint density at radius 3 is 2.15 bits per heavy atom. The summed E-state index contributed by atoms with van der Waals surface area (Å²) in [5, 5.41) is 9.02. The molecule has 0 unspecified atom stereocenters. The lowest BCUT2D eigenvalue weighted by Gasteiger charge is -2.41. The largest absolute Gasteiger partial charge is 0.379 e. The van der Waals surface area contributed by atoms with Gasteiger partial charge in [-0.15, -0.1) is 11.3 Å². The van der Waals surface area contributed by atoms with Crippen molar-refractivity contribution in [3.63, 3.8) is 0 Å². The van der Waals surface area contributed by atoms with E-state index in [0.717, 1.165) is 23.4 Å². The Kier molecular flexibility index (Phi) is 18.2. The number of amides is 4. The molecule has 308 valence electrons. The molecule has 55 heavy (non-hydrogen) atoms. The molecule has 0 bridgehead atoms. The molecular weight excluding hydrogens is 717 g/mol. The van der Waals surface area contributed by atoms with Crippen molar-refractivity contribution >= 4 is 35.0 Å². The first-order chi connectivity index (χ1) is 26.1. The average Bonchev–Trinajstić information content (AvgIpc) is 3.87. The summed E-state index contributed by atoms with van der Waals surface area (Å²) >= 11 is 1.51. The van der Waals surface area contributed by atoms with Gasteiger partial charge in [-0.3, -0.25) is 24.1 Å². The Bertz CT molecular complexity index is 1480. The van der Waals surface area contributed by atoms with Gasteiger partial charge in [0, 0.05) is 39.4 Å². The molecule has 2 N–H and O–H groups in total. The van der Waals surface area contributed by atoms with Crippen LogP contribution in [-0.2, 0) is 35.1 Å². The molecule has 0 saturated carbocycles. The van der Waals surface area contributed by atoms with Crippen LogP contribution in [0.5, 0.6) is 0 Å². The quantitative estimate of drug-likeness (QED) is 0.177. The number of nitrogens with zero attached hydrogens (tertiary/aromatic N) is 4. The van der Waals surface area contributed by atoms with Gasteiger partial charge in [-0.05, 0) is 56.7 Å². The second-order valence-corrected chi connectivity index (χ2v) is 17.0. The molecule has 2 aromatic rings. The summed E-state index contributed by atoms with van der Waals surface area (Å²) in [7, 11) is 8.66. The number of methoxy groups -OCH3 is 2. The summed E-state index contributed by atoms with van der Waals surface area (Å²) in [5.41, 5.74) is 1.09. The van der Waals surface area contributed by atoms with Crippen molar-refractivity contribution in [2.75, 3.05) is 41.9 Å². The molecule has 1 fully saturated rings. The Hall–Kier alpha value is -3.39. The van der Waals surface area contributed by atoms with E-state index in [1.54, 1.807) is 32.4 Å². The third kappa shape index (κ3) is 12.1. The highest BCUT2D eigenvalue weighted by atomic mass is 32.1. The highest BCUT2D eigenvalue weighted by Crippen LogP contribution is 2.30. The maximum Gasteiger partial charge on any atom is 0.245 e. The lowest BCUT2D eigenvalue weighted by atomic mass is 9.89. The van der Waals surface area contributed by atoms with Gasteiger partial charge < -0.3 is 29.9 Å². The van der Waals surface area contributed by atoms with Crippen LogP contribution in [0.2, 0.25) is 0 Å². The summed E-state index contributed by atoms with van der Waals surface area (Å²) < 4.78 is 12.1. The molecule has 0 aliphatic carbocycles. The van der Waals surface area contributed by atoms with Gasteiger partial charge in [0.15, 0.2) is 0 Å². The first kappa shape index (κ1) is 46.0. The molecule has 1 aromatic heterocycles. The van der Waals surface area contributed by atoms with E-state index in [1.807, 2.05) is 94.2 Å². The van der Waals surface area contributed by atoms with Gasteiger partial charge in [0.25, 0.3) is 0 Å². The first-order valence-corrected chi connectivity index (χ1v) is 20.8. The van der Waals surface area contributed by atoms with E-state index in [-0.39, 0.29) is 65.9 Å². The lowest BCUT2D eigenvalue weighted by molar-refractivity contribution is -0.148. The molecule has 1 saturated heterocycles. The van der Waals surface area contributed by atoms with Crippen molar-refractivity contribution in [2.45, 2.75) is 123 Å². The van der Waals surface area contributed by atoms with Crippen molar-refractivity contribution in [3.8, 4) is 0 Å². The van der Waals surface area contributed by atoms with Gasteiger partial charge in [-0.25, -0.2) is 4.98 Å². The second-order valence-electron chi connectivity index (χ2n) is 16.1. The second kappa shape index (κ2) is 21.8. The number of likely N-dealkylation sites (N-methyl/N-ethyl adjacent to an activating group) is 2. The Labute approximate surface area is 334 Å². The molecule has 2 heterocycles. The highest BCUT2D eigenvalue weighted by Gasteiger charge is 2.43. The molecule has 0 radical (unpaired) electrons. The van der Waals surface area contributed by atoms with Crippen molar-refractivity contribution in [2.24, 2.45) is 23.7 Å². The van der Waals surface area contributed by atoms with Crippen LogP contribution in [0.3, 0.4) is 0 Å². The van der Waals surface area contributed by atoms with Crippen LogP contribution in [0, 0.1) is 23.7 Å². The first-order valence-electron chi connectivity index (χ1n) is 19.9. The number of rotatable bonds is 21. The Morgan fingerprint density at radius 2 is 1.62 bits per heavy atom. The van der Waals surface area contributed by atoms with E-state index in [9.17, 15) is 19.2 Å². The number of carbonyl (C=O) groups excluding carboxylic acids is 4. The minimum absolute atomic E-state index is 0.00751. The molecule has 1 aliphatic rings. The van der Waals surface area contributed by atoms with Crippen LogP contribution in [0.25, 0.3) is 0 Å². The number of aromatic nitrogens is 1. The van der Waals surface area contributed by atoms with E-state index in [4.69, 9.17) is 9.47 Å². The zero-order valence-electron chi connectivity index (χ0n) is 35.3. The predicted molar refractivity (Wildman–Crippen MR) is 218 cm³/mol. The monoisotopic (exact) mass is 784 g/mol. The van der Waals surface area contributed by atoms with E-state index in [1.165, 1.54) is 11.3 Å². The van der Waals surface area contributed by atoms with Crippen LogP contribution < -0.4 is 10.6 Å². The Balaban J connectivity index is 1.79. The molecule has 0 spiro atoms. The molecular formula is C42H68N6O6S. The van der Waals surface area contributed by atoms with E-state index in [0.29, 0.717) is 19.4 Å². The Morgan fingerprint density at radius 1 is 0.945 bits per heavy atom. The number of likely N-dealkylation sites (tertiary alicyclic amines) is 1. The summed E-state index contributed by atoms with van der Waals surface area (Å²) in [5.74, 6) is -1.35. The fourth-order valence-corrected chi connectivity index (χ4v) is 8.86. The van der Waals surface area contributed by atoms with Crippen molar-refractivity contribution in [1.82, 2.24) is 30.3 Å². The molecule has 9 atom stereocenters. The summed E-state index contributed by atoms with van der Waals surface area (Å²) in [6, 6.07) is 7.83. The van der Waals surface area contributed by atoms with Crippen molar-refractivity contribution < 1.29 is 28.7 Å². The maximum atomic E-state index is 14.3. The molecule has 4 amide bonds. The summed E-state index contributed by atoms with van der Waals surface area (Å²) in [6.07, 6.45) is 3.49. The number of hydrogen-bond donors (Lipinski definition) is 2. The van der Waals surface area contributed by atoms with Gasteiger partial charge in [-0.2, -0.15) is 0 Å². The van der Waals surface area contributed by atoms with Gasteiger partial charge >= 0.3 is 0 Å². The normalized spacial score (nSPS) is 19.0. The van der Waals surface area contributed by atoms with Crippen molar-refractivity contribution in [3.05, 3.63) is 52.5 Å². The number of thiazole rings is 1. The highest BCUT2D eigenvalue weighted by molar-refractivity contribution is 7.09. The minimum atomic E-state index is -0.751. The van der Waals surface area contributed by atoms with E-state index >= 15 is 0 Å². The topological polar surface area (TPSA) is 133 Å². The maximum absolute atomic E-state index is 14.3. The minimum Gasteiger partial charge on any atom is -0.379 e. The molecule has 1 aliphatic heterocycles. The van der Waals surface area contributed by atoms with Crippen molar-refractivity contribution in [1.29, 1.82) is 0 Å². The zero-order chi connectivity index (χ0) is 41.0. The molecule has 1 aromatic carbocycles. The van der Waals surface area contributed by atoms with Gasteiger partial charge in [0.1, 0.15) is 11.0 Å². The standard InChI is InChI=1S/C42H68N6O6S/c1-13-28(6)37(47(10)42(52)35(26(2)3)45-40(51)36(27(4)5)46(8)9)33(53-11)25-34(49)48-22-17-20-32(48)38(54-12)29(7)39(50)44-31(41-43-21-23-55-41)24-30-18-15-14-16-19-30/h14-16,18-19,21,23,26-29,31-33,35-38H,13,17,20,22,24-25H2,1-12H3,(H,44,50)(H,45,51)/t28-,29+,31+,32+,33+,35+,36+,37-,38-/m1/s1. The zero-order valence-corrected chi connectivity index (χ0v) is 36.1. The number of ether oxygens (including phenoxy) is 2. The number of hydrogen-bond acceptors (Lipinski definition) is 9. The molecule has 3 rings (SSSR count). The third-order valence-corrected chi connectivity index (χ3v) is 12.2. The number of nitrogens with one attached hydrogen (secondary N) is 2. The van der Waals surface area contributed by atoms with E-state index in [2.05, 4.69) is 29.5 Å². The van der Waals surface area contributed by atoms with E-state index < -0.39 is 30.2 Å². The van der Waals surface area contributed by atoms with Crippen LogP contribution in [-0.4, -0.2) is 122 Å². The average molecular weight is 785 g/mol. The van der Waals surface area contributed by atoms with Crippen LogP contribution in [0.1, 0.15) is 90.8 Å². The fourth-order valence-electron chi connectivity index (χ4n) is 8.17. The SMILES string of the molecule is CC[C@@H](C)[C@H]([C@H](CC(=O)N1CCC[C@H]1[C@H](OC)[C@H](C)C(=O)N[C@@H](Cc1ccccc1)c1nccs1)OC)N(C)C(=O)[C@@H](NC(=O)[C@H](C(C)C)N(C)C)C(C)C. The molecule has 13 heteroatoms.